The van der Waals surface area contributed by atoms with E-state index in [1.807, 2.05) is 49.2 Å². The van der Waals surface area contributed by atoms with Crippen LogP contribution in [0.25, 0.3) is 0 Å². The summed E-state index contributed by atoms with van der Waals surface area (Å²) in [5.74, 6) is -0.612. The fourth-order valence-corrected chi connectivity index (χ4v) is 3.53. The first-order chi connectivity index (χ1) is 13.5. The van der Waals surface area contributed by atoms with Gasteiger partial charge in [-0.25, -0.2) is 9.78 Å². The highest BCUT2D eigenvalue weighted by atomic mass is 32.1. The summed E-state index contributed by atoms with van der Waals surface area (Å²) in [5.41, 5.74) is 2.71. The van der Waals surface area contributed by atoms with Crippen molar-refractivity contribution in [2.75, 3.05) is 23.9 Å². The first-order valence-electron chi connectivity index (χ1n) is 8.84. The summed E-state index contributed by atoms with van der Waals surface area (Å²) in [5, 5.41) is 3.59. The number of hydrogen-bond acceptors (Lipinski definition) is 6. The molecule has 0 aliphatic carbocycles. The number of thiazole rings is 1. The molecular weight excluding hydrogens is 374 g/mol. The van der Waals surface area contributed by atoms with Crippen molar-refractivity contribution in [2.45, 2.75) is 13.8 Å². The van der Waals surface area contributed by atoms with E-state index in [4.69, 9.17) is 4.74 Å². The number of aromatic nitrogens is 1. The average Bonchev–Trinajstić information content (AvgIpc) is 3.10. The number of aryl methyl sites for hydroxylation is 1. The van der Waals surface area contributed by atoms with Crippen molar-refractivity contribution in [3.05, 3.63) is 70.7 Å². The monoisotopic (exact) mass is 395 g/mol. The van der Waals surface area contributed by atoms with Crippen LogP contribution in [0.4, 0.5) is 16.5 Å². The number of nitrogens with zero attached hydrogens (tertiary/aromatic N) is 2. The number of para-hydroxylation sites is 1. The molecule has 0 saturated heterocycles. The van der Waals surface area contributed by atoms with Gasteiger partial charge in [0, 0.05) is 18.4 Å². The molecule has 1 amide bonds. The molecule has 0 aliphatic rings. The Bertz CT molecular complexity index is 968. The van der Waals surface area contributed by atoms with Crippen molar-refractivity contribution in [1.82, 2.24) is 4.98 Å². The number of rotatable bonds is 6. The Morgan fingerprint density at radius 2 is 1.79 bits per heavy atom. The molecule has 1 aromatic heterocycles. The number of carbonyl (C=O) groups is 2. The van der Waals surface area contributed by atoms with E-state index in [1.54, 1.807) is 31.2 Å². The quantitative estimate of drug-likeness (QED) is 0.615. The number of nitrogens with one attached hydrogen (secondary N) is 1. The molecule has 3 rings (SSSR count). The minimum absolute atomic E-state index is 0.230. The Morgan fingerprint density at radius 1 is 1.11 bits per heavy atom. The number of amides is 1. The van der Waals surface area contributed by atoms with Crippen molar-refractivity contribution >= 4 is 39.7 Å². The molecule has 0 unspecified atom stereocenters. The summed E-state index contributed by atoms with van der Waals surface area (Å²) in [6.07, 6.45) is 0. The van der Waals surface area contributed by atoms with E-state index < -0.39 is 0 Å². The Balaban J connectivity index is 1.73. The van der Waals surface area contributed by atoms with E-state index >= 15 is 0 Å². The fourth-order valence-electron chi connectivity index (χ4n) is 2.59. The van der Waals surface area contributed by atoms with Gasteiger partial charge in [0.25, 0.3) is 5.91 Å². The van der Waals surface area contributed by atoms with Gasteiger partial charge in [0.1, 0.15) is 4.88 Å². The zero-order valence-electron chi connectivity index (χ0n) is 15.9. The molecule has 0 radical (unpaired) electrons. The second-order valence-electron chi connectivity index (χ2n) is 6.06. The van der Waals surface area contributed by atoms with Gasteiger partial charge in [-0.15, -0.1) is 0 Å². The van der Waals surface area contributed by atoms with Crippen molar-refractivity contribution in [1.29, 1.82) is 0 Å². The molecule has 28 heavy (non-hydrogen) atoms. The third kappa shape index (κ3) is 4.37. The van der Waals surface area contributed by atoms with Crippen LogP contribution in [0, 0.1) is 6.92 Å². The summed E-state index contributed by atoms with van der Waals surface area (Å²) in [4.78, 5) is 31.4. The molecule has 0 saturated carbocycles. The van der Waals surface area contributed by atoms with Gasteiger partial charge in [-0.2, -0.15) is 0 Å². The first-order valence-corrected chi connectivity index (χ1v) is 9.66. The van der Waals surface area contributed by atoms with Gasteiger partial charge in [0.2, 0.25) is 0 Å². The predicted molar refractivity (Wildman–Crippen MR) is 112 cm³/mol. The zero-order chi connectivity index (χ0) is 20.1. The minimum Gasteiger partial charge on any atom is -0.462 e. The van der Waals surface area contributed by atoms with Crippen LogP contribution in [0.1, 0.15) is 32.6 Å². The van der Waals surface area contributed by atoms with Crippen LogP contribution in [-0.4, -0.2) is 30.5 Å². The van der Waals surface area contributed by atoms with Crippen LogP contribution in [0.3, 0.4) is 0 Å². The van der Waals surface area contributed by atoms with Gasteiger partial charge in [0.05, 0.1) is 17.9 Å². The standard InChI is InChI=1S/C21H21N3O3S/c1-4-27-20(26)15-10-12-16(13-11-15)23-19(25)18-14(2)22-21(28-18)24(3)17-8-6-5-7-9-17/h5-13H,4H2,1-3H3,(H,23,25). The maximum atomic E-state index is 12.7. The molecule has 0 spiro atoms. The van der Waals surface area contributed by atoms with E-state index in [1.165, 1.54) is 11.3 Å². The Morgan fingerprint density at radius 3 is 2.43 bits per heavy atom. The smallest absolute Gasteiger partial charge is 0.338 e. The van der Waals surface area contributed by atoms with Crippen LogP contribution >= 0.6 is 11.3 Å². The van der Waals surface area contributed by atoms with E-state index in [0.717, 1.165) is 10.8 Å². The van der Waals surface area contributed by atoms with Crippen LogP contribution in [-0.2, 0) is 4.74 Å². The highest BCUT2D eigenvalue weighted by Crippen LogP contribution is 2.30. The van der Waals surface area contributed by atoms with Gasteiger partial charge in [-0.3, -0.25) is 4.79 Å². The molecule has 0 bridgehead atoms. The minimum atomic E-state index is -0.382. The van der Waals surface area contributed by atoms with E-state index in [-0.39, 0.29) is 11.9 Å². The Hall–Kier alpha value is -3.19. The number of ether oxygens (including phenoxy) is 1. The van der Waals surface area contributed by atoms with Crippen LogP contribution in [0.2, 0.25) is 0 Å². The van der Waals surface area contributed by atoms with Crippen molar-refractivity contribution in [2.24, 2.45) is 0 Å². The third-order valence-electron chi connectivity index (χ3n) is 4.08. The lowest BCUT2D eigenvalue weighted by Crippen LogP contribution is -2.12. The third-order valence-corrected chi connectivity index (χ3v) is 5.31. The SMILES string of the molecule is CCOC(=O)c1ccc(NC(=O)c2sc(N(C)c3ccccc3)nc2C)cc1. The summed E-state index contributed by atoms with van der Waals surface area (Å²) >= 11 is 1.33. The maximum absolute atomic E-state index is 12.7. The van der Waals surface area contributed by atoms with Crippen LogP contribution in [0.15, 0.2) is 54.6 Å². The lowest BCUT2D eigenvalue weighted by Gasteiger charge is -2.15. The van der Waals surface area contributed by atoms with Gasteiger partial charge in [0.15, 0.2) is 5.13 Å². The fraction of sp³-hybridized carbons (Fsp3) is 0.190. The van der Waals surface area contributed by atoms with E-state index in [2.05, 4.69) is 10.3 Å². The van der Waals surface area contributed by atoms with Gasteiger partial charge < -0.3 is 15.0 Å². The molecule has 0 atom stereocenters. The first kappa shape index (κ1) is 19.6. The van der Waals surface area contributed by atoms with Crippen molar-refractivity contribution in [3.8, 4) is 0 Å². The summed E-state index contributed by atoms with van der Waals surface area (Å²) in [6, 6.07) is 16.5. The van der Waals surface area contributed by atoms with Gasteiger partial charge in [-0.1, -0.05) is 29.5 Å². The normalized spacial score (nSPS) is 10.4. The second-order valence-corrected chi connectivity index (χ2v) is 7.04. The lowest BCUT2D eigenvalue weighted by atomic mass is 10.2. The number of carbonyl (C=O) groups excluding carboxylic acids is 2. The van der Waals surface area contributed by atoms with E-state index in [0.29, 0.717) is 28.4 Å². The van der Waals surface area contributed by atoms with E-state index in [9.17, 15) is 9.59 Å². The molecule has 3 aromatic rings. The molecule has 0 aliphatic heterocycles. The second kappa shape index (κ2) is 8.67. The van der Waals surface area contributed by atoms with Crippen molar-refractivity contribution < 1.29 is 14.3 Å². The topological polar surface area (TPSA) is 71.5 Å². The molecule has 1 heterocycles. The summed E-state index contributed by atoms with van der Waals surface area (Å²) in [7, 11) is 1.92. The molecule has 144 valence electrons. The number of esters is 1. The molecule has 2 aromatic carbocycles. The number of benzene rings is 2. The van der Waals surface area contributed by atoms with Gasteiger partial charge >= 0.3 is 5.97 Å². The van der Waals surface area contributed by atoms with Crippen LogP contribution < -0.4 is 10.2 Å². The lowest BCUT2D eigenvalue weighted by molar-refractivity contribution is 0.0526. The predicted octanol–water partition coefficient (Wildman–Crippen LogP) is 4.65. The van der Waals surface area contributed by atoms with Crippen molar-refractivity contribution in [3.63, 3.8) is 0 Å². The zero-order valence-corrected chi connectivity index (χ0v) is 16.7. The number of hydrogen-bond donors (Lipinski definition) is 1. The Kier molecular flexibility index (Phi) is 6.06. The molecule has 1 N–H and O–H groups in total. The highest BCUT2D eigenvalue weighted by molar-refractivity contribution is 7.17. The molecular formula is C21H21N3O3S. The summed E-state index contributed by atoms with van der Waals surface area (Å²) in [6.45, 7) is 3.90. The van der Waals surface area contributed by atoms with Gasteiger partial charge in [-0.05, 0) is 50.2 Å². The molecule has 6 nitrogen and oxygen atoms in total. The Labute approximate surface area is 167 Å². The molecule has 7 heteroatoms. The molecule has 0 fully saturated rings. The van der Waals surface area contributed by atoms with Crippen LogP contribution in [0.5, 0.6) is 0 Å². The number of anilines is 3. The summed E-state index contributed by atoms with van der Waals surface area (Å²) < 4.78 is 4.96. The average molecular weight is 395 g/mol. The maximum Gasteiger partial charge on any atom is 0.338 e. The highest BCUT2D eigenvalue weighted by Gasteiger charge is 2.18. The largest absolute Gasteiger partial charge is 0.462 e.